The van der Waals surface area contributed by atoms with Gasteiger partial charge in [0.05, 0.1) is 18.1 Å². The first kappa shape index (κ1) is 21.6. The van der Waals surface area contributed by atoms with Gasteiger partial charge >= 0.3 is 0 Å². The van der Waals surface area contributed by atoms with Gasteiger partial charge in [-0.1, -0.05) is 29.8 Å². The molecule has 4 rings (SSSR count). The molecule has 0 aliphatic carbocycles. The number of sulfonamides is 1. The highest BCUT2D eigenvalue weighted by molar-refractivity contribution is 7.89. The molecule has 8 heteroatoms. The van der Waals surface area contributed by atoms with Crippen molar-refractivity contribution in [2.45, 2.75) is 37.6 Å². The van der Waals surface area contributed by atoms with E-state index in [1.54, 1.807) is 12.1 Å². The molecule has 1 amide bonds. The minimum atomic E-state index is -3.65. The summed E-state index contributed by atoms with van der Waals surface area (Å²) in [5.74, 6) is 0.832. The minimum Gasteiger partial charge on any atom is -0.490 e. The van der Waals surface area contributed by atoms with Gasteiger partial charge in [0, 0.05) is 38.0 Å². The number of ether oxygens (including phenoxy) is 2. The van der Waals surface area contributed by atoms with Gasteiger partial charge in [-0.15, -0.1) is 0 Å². The second-order valence-corrected chi connectivity index (χ2v) is 9.98. The van der Waals surface area contributed by atoms with Gasteiger partial charge in [-0.25, -0.2) is 8.42 Å². The molecule has 1 fully saturated rings. The van der Waals surface area contributed by atoms with Gasteiger partial charge in [-0.2, -0.15) is 4.31 Å². The van der Waals surface area contributed by atoms with Crippen LogP contribution >= 0.6 is 0 Å². The van der Waals surface area contributed by atoms with Gasteiger partial charge in [0.15, 0.2) is 11.5 Å². The first-order valence-electron chi connectivity index (χ1n) is 10.7. The van der Waals surface area contributed by atoms with Gasteiger partial charge in [-0.3, -0.25) is 4.79 Å². The molecule has 2 heterocycles. The Labute approximate surface area is 183 Å². The molecular weight excluding hydrogens is 416 g/mol. The van der Waals surface area contributed by atoms with Crippen LogP contribution in [0.5, 0.6) is 11.5 Å². The fourth-order valence-electron chi connectivity index (χ4n) is 3.85. The van der Waals surface area contributed by atoms with Crippen LogP contribution in [0.25, 0.3) is 0 Å². The highest BCUT2D eigenvalue weighted by Gasteiger charge is 2.32. The van der Waals surface area contributed by atoms with E-state index in [1.807, 2.05) is 31.2 Å². The van der Waals surface area contributed by atoms with Gasteiger partial charge in [0.1, 0.15) is 0 Å². The fraction of sp³-hybridized carbons (Fsp3) is 0.435. The molecule has 166 valence electrons. The lowest BCUT2D eigenvalue weighted by atomic mass is 9.97. The van der Waals surface area contributed by atoms with E-state index in [-0.39, 0.29) is 16.7 Å². The Morgan fingerprint density at radius 2 is 1.71 bits per heavy atom. The standard InChI is InChI=1S/C23H28N2O5S/c1-17-3-5-18(6-4-17)16-24-23(26)19-9-11-25(12-10-19)31(27,28)20-7-8-21-22(15-20)30-14-2-13-29-21/h3-8,15,19H,2,9-14,16H2,1H3,(H,24,26). The number of fused-ring (bicyclic) bond motifs is 1. The molecule has 1 saturated heterocycles. The number of nitrogens with one attached hydrogen (secondary N) is 1. The molecular formula is C23H28N2O5S. The summed E-state index contributed by atoms with van der Waals surface area (Å²) in [4.78, 5) is 12.7. The SMILES string of the molecule is Cc1ccc(CNC(=O)C2CCN(S(=O)(=O)c3ccc4c(c3)OCCCO4)CC2)cc1. The van der Waals surface area contributed by atoms with E-state index in [0.29, 0.717) is 57.2 Å². The fourth-order valence-corrected chi connectivity index (χ4v) is 5.34. The Hall–Kier alpha value is -2.58. The Bertz CT molecular complexity index is 1030. The van der Waals surface area contributed by atoms with Crippen LogP contribution < -0.4 is 14.8 Å². The van der Waals surface area contributed by atoms with Crippen LogP contribution in [0.15, 0.2) is 47.4 Å². The van der Waals surface area contributed by atoms with E-state index >= 15 is 0 Å². The molecule has 31 heavy (non-hydrogen) atoms. The normalized spacial score (nSPS) is 17.7. The lowest BCUT2D eigenvalue weighted by Gasteiger charge is -2.30. The number of carbonyl (C=O) groups excluding carboxylic acids is 1. The zero-order valence-electron chi connectivity index (χ0n) is 17.7. The topological polar surface area (TPSA) is 84.9 Å². The molecule has 2 aromatic rings. The van der Waals surface area contributed by atoms with E-state index < -0.39 is 10.0 Å². The molecule has 7 nitrogen and oxygen atoms in total. The van der Waals surface area contributed by atoms with E-state index in [0.717, 1.165) is 12.0 Å². The maximum atomic E-state index is 13.1. The molecule has 1 N–H and O–H groups in total. The van der Waals surface area contributed by atoms with Crippen LogP contribution in [0.3, 0.4) is 0 Å². The second kappa shape index (κ2) is 9.28. The van der Waals surface area contributed by atoms with Crippen LogP contribution in [-0.2, 0) is 21.4 Å². The third-order valence-corrected chi connectivity index (χ3v) is 7.66. The lowest BCUT2D eigenvalue weighted by molar-refractivity contribution is -0.126. The molecule has 0 atom stereocenters. The molecule has 0 aromatic heterocycles. The number of rotatable bonds is 5. The zero-order valence-corrected chi connectivity index (χ0v) is 18.5. The number of carbonyl (C=O) groups is 1. The predicted molar refractivity (Wildman–Crippen MR) is 117 cm³/mol. The average molecular weight is 445 g/mol. The van der Waals surface area contributed by atoms with Crippen molar-refractivity contribution in [3.63, 3.8) is 0 Å². The van der Waals surface area contributed by atoms with Crippen molar-refractivity contribution in [3.8, 4) is 11.5 Å². The summed E-state index contributed by atoms with van der Waals surface area (Å²) < 4.78 is 38.9. The number of amides is 1. The number of hydrogen-bond donors (Lipinski definition) is 1. The van der Waals surface area contributed by atoms with E-state index in [4.69, 9.17) is 9.47 Å². The van der Waals surface area contributed by atoms with Crippen molar-refractivity contribution in [1.82, 2.24) is 9.62 Å². The molecule has 0 unspecified atom stereocenters. The van der Waals surface area contributed by atoms with Crippen molar-refractivity contribution < 1.29 is 22.7 Å². The van der Waals surface area contributed by atoms with Crippen molar-refractivity contribution in [3.05, 3.63) is 53.6 Å². The average Bonchev–Trinajstić information content (AvgIpc) is 3.03. The number of nitrogens with zero attached hydrogens (tertiary/aromatic N) is 1. The minimum absolute atomic E-state index is 0.0202. The number of benzene rings is 2. The Balaban J connectivity index is 1.35. The van der Waals surface area contributed by atoms with Gasteiger partial charge < -0.3 is 14.8 Å². The first-order valence-corrected chi connectivity index (χ1v) is 12.1. The van der Waals surface area contributed by atoms with Crippen LogP contribution in [-0.4, -0.2) is 44.9 Å². The zero-order chi connectivity index (χ0) is 21.8. The van der Waals surface area contributed by atoms with Crippen molar-refractivity contribution in [2.24, 2.45) is 5.92 Å². The molecule has 0 radical (unpaired) electrons. The van der Waals surface area contributed by atoms with Crippen LogP contribution in [0.2, 0.25) is 0 Å². The van der Waals surface area contributed by atoms with Gasteiger partial charge in [0.25, 0.3) is 0 Å². The second-order valence-electron chi connectivity index (χ2n) is 8.04. The molecule has 0 saturated carbocycles. The molecule has 2 aliphatic heterocycles. The Morgan fingerprint density at radius 3 is 2.42 bits per heavy atom. The summed E-state index contributed by atoms with van der Waals surface area (Å²) in [6, 6.07) is 12.8. The van der Waals surface area contributed by atoms with Gasteiger partial charge in [-0.05, 0) is 37.5 Å². The molecule has 0 spiro atoms. The summed E-state index contributed by atoms with van der Waals surface area (Å²) in [7, 11) is -3.65. The summed E-state index contributed by atoms with van der Waals surface area (Å²) >= 11 is 0. The smallest absolute Gasteiger partial charge is 0.243 e. The first-order chi connectivity index (χ1) is 14.9. The molecule has 2 aliphatic rings. The highest BCUT2D eigenvalue weighted by atomic mass is 32.2. The quantitative estimate of drug-likeness (QED) is 0.767. The predicted octanol–water partition coefficient (Wildman–Crippen LogP) is 2.87. The maximum absolute atomic E-state index is 13.1. The van der Waals surface area contributed by atoms with Crippen molar-refractivity contribution in [2.75, 3.05) is 26.3 Å². The number of piperidine rings is 1. The Morgan fingerprint density at radius 1 is 1.03 bits per heavy atom. The van der Waals surface area contributed by atoms with Crippen molar-refractivity contribution >= 4 is 15.9 Å². The molecule has 2 aromatic carbocycles. The van der Waals surface area contributed by atoms with Crippen LogP contribution in [0, 0.1) is 12.8 Å². The third kappa shape index (κ3) is 5.02. The lowest BCUT2D eigenvalue weighted by Crippen LogP contribution is -2.42. The third-order valence-electron chi connectivity index (χ3n) is 5.77. The van der Waals surface area contributed by atoms with Crippen LogP contribution in [0.1, 0.15) is 30.4 Å². The largest absolute Gasteiger partial charge is 0.490 e. The summed E-state index contributed by atoms with van der Waals surface area (Å²) in [5.41, 5.74) is 2.23. The highest BCUT2D eigenvalue weighted by Crippen LogP contribution is 2.33. The summed E-state index contributed by atoms with van der Waals surface area (Å²) in [5, 5.41) is 2.98. The number of aryl methyl sites for hydroxylation is 1. The van der Waals surface area contributed by atoms with E-state index in [1.165, 1.54) is 15.9 Å². The van der Waals surface area contributed by atoms with Gasteiger partial charge in [0.2, 0.25) is 15.9 Å². The molecule has 0 bridgehead atoms. The summed E-state index contributed by atoms with van der Waals surface area (Å²) in [6.45, 7) is 4.20. The summed E-state index contributed by atoms with van der Waals surface area (Å²) in [6.07, 6.45) is 1.77. The Kier molecular flexibility index (Phi) is 6.48. The van der Waals surface area contributed by atoms with Crippen molar-refractivity contribution in [1.29, 1.82) is 0 Å². The number of hydrogen-bond acceptors (Lipinski definition) is 5. The van der Waals surface area contributed by atoms with Crippen LogP contribution in [0.4, 0.5) is 0 Å². The maximum Gasteiger partial charge on any atom is 0.243 e. The van der Waals surface area contributed by atoms with E-state index in [9.17, 15) is 13.2 Å². The van der Waals surface area contributed by atoms with E-state index in [2.05, 4.69) is 5.32 Å². The monoisotopic (exact) mass is 444 g/mol.